The van der Waals surface area contributed by atoms with Crippen LogP contribution in [0, 0.1) is 11.6 Å². The molecule has 1 fully saturated rings. The summed E-state index contributed by atoms with van der Waals surface area (Å²) in [5, 5.41) is 2.81. The van der Waals surface area contributed by atoms with Crippen LogP contribution in [0.25, 0.3) is 0 Å². The van der Waals surface area contributed by atoms with E-state index in [-0.39, 0.29) is 30.0 Å². The van der Waals surface area contributed by atoms with E-state index in [0.717, 1.165) is 31.7 Å². The smallest absolute Gasteiger partial charge is 0.224 e. The molecular weight excluding hydrogens is 250 g/mol. The maximum Gasteiger partial charge on any atom is 0.224 e. The third-order valence-corrected chi connectivity index (χ3v) is 3.55. The Bertz CT molecular complexity index is 465. The summed E-state index contributed by atoms with van der Waals surface area (Å²) in [6, 6.07) is 3.74. The van der Waals surface area contributed by atoms with Gasteiger partial charge in [0.25, 0.3) is 0 Å². The van der Waals surface area contributed by atoms with Crippen molar-refractivity contribution in [3.8, 4) is 0 Å². The molecule has 1 aromatic carbocycles. The molecule has 0 bridgehead atoms. The van der Waals surface area contributed by atoms with Crippen molar-refractivity contribution in [1.29, 1.82) is 0 Å². The highest BCUT2D eigenvalue weighted by atomic mass is 19.2. The first-order valence-corrected chi connectivity index (χ1v) is 6.56. The first kappa shape index (κ1) is 13.9. The normalized spacial score (nSPS) is 23.1. The SMILES string of the molecule is NC1CCCCC1NC(=O)Cc1cccc(F)c1F. The van der Waals surface area contributed by atoms with Gasteiger partial charge in [-0.1, -0.05) is 25.0 Å². The second kappa shape index (κ2) is 6.10. The fourth-order valence-electron chi connectivity index (χ4n) is 2.45. The van der Waals surface area contributed by atoms with Crippen LogP contribution in [0.4, 0.5) is 8.78 Å². The Labute approximate surface area is 111 Å². The van der Waals surface area contributed by atoms with Gasteiger partial charge >= 0.3 is 0 Å². The minimum absolute atomic E-state index is 0.0462. The molecule has 1 aliphatic carbocycles. The number of rotatable bonds is 3. The Morgan fingerprint density at radius 1 is 1.32 bits per heavy atom. The summed E-state index contributed by atoms with van der Waals surface area (Å²) in [6.07, 6.45) is 3.68. The van der Waals surface area contributed by atoms with E-state index in [4.69, 9.17) is 5.73 Å². The topological polar surface area (TPSA) is 55.1 Å². The second-order valence-electron chi connectivity index (χ2n) is 5.01. The van der Waals surface area contributed by atoms with Crippen LogP contribution in [0.3, 0.4) is 0 Å². The molecule has 2 unspecified atom stereocenters. The van der Waals surface area contributed by atoms with Crippen molar-refractivity contribution in [2.45, 2.75) is 44.2 Å². The molecule has 0 aromatic heterocycles. The minimum Gasteiger partial charge on any atom is -0.352 e. The lowest BCUT2D eigenvalue weighted by Gasteiger charge is -2.29. The van der Waals surface area contributed by atoms with Gasteiger partial charge in [0.2, 0.25) is 5.91 Å². The molecule has 19 heavy (non-hydrogen) atoms. The number of benzene rings is 1. The van der Waals surface area contributed by atoms with E-state index in [9.17, 15) is 13.6 Å². The number of amides is 1. The van der Waals surface area contributed by atoms with Crippen LogP contribution in [0.5, 0.6) is 0 Å². The molecule has 0 radical (unpaired) electrons. The molecule has 2 atom stereocenters. The van der Waals surface area contributed by atoms with Gasteiger partial charge in [0.05, 0.1) is 6.42 Å². The van der Waals surface area contributed by atoms with Gasteiger partial charge in [-0.05, 0) is 18.9 Å². The predicted octanol–water partition coefficient (Wildman–Crippen LogP) is 1.89. The molecule has 104 valence electrons. The molecule has 0 heterocycles. The van der Waals surface area contributed by atoms with Crippen LogP contribution in [-0.2, 0) is 11.2 Å². The third kappa shape index (κ3) is 3.50. The lowest BCUT2D eigenvalue weighted by atomic mass is 9.91. The molecule has 3 nitrogen and oxygen atoms in total. The Balaban J connectivity index is 1.95. The van der Waals surface area contributed by atoms with E-state index in [0.29, 0.717) is 0 Å². The van der Waals surface area contributed by atoms with Gasteiger partial charge < -0.3 is 11.1 Å². The number of nitrogens with one attached hydrogen (secondary N) is 1. The molecule has 0 spiro atoms. The molecule has 0 saturated heterocycles. The van der Waals surface area contributed by atoms with Gasteiger partial charge in [-0.3, -0.25) is 4.79 Å². The molecule has 2 rings (SSSR count). The van der Waals surface area contributed by atoms with Crippen LogP contribution in [0.1, 0.15) is 31.2 Å². The van der Waals surface area contributed by atoms with Crippen molar-refractivity contribution in [2.75, 3.05) is 0 Å². The summed E-state index contributed by atoms with van der Waals surface area (Å²) in [5.41, 5.74) is 6.00. The summed E-state index contributed by atoms with van der Waals surface area (Å²) in [4.78, 5) is 11.8. The standard InChI is InChI=1S/C14H18F2N2O/c15-10-5-3-4-9(14(10)16)8-13(19)18-12-7-2-1-6-11(12)17/h3-5,11-12H,1-2,6-8,17H2,(H,18,19). The summed E-state index contributed by atoms with van der Waals surface area (Å²) in [5.74, 6) is -2.20. The van der Waals surface area contributed by atoms with Crippen LogP contribution < -0.4 is 11.1 Å². The maximum absolute atomic E-state index is 13.4. The van der Waals surface area contributed by atoms with Crippen molar-refractivity contribution >= 4 is 5.91 Å². The lowest BCUT2D eigenvalue weighted by Crippen LogP contribution is -2.49. The average Bonchev–Trinajstić information content (AvgIpc) is 2.38. The molecular formula is C14H18F2N2O. The zero-order valence-corrected chi connectivity index (χ0v) is 10.7. The predicted molar refractivity (Wildman–Crippen MR) is 68.4 cm³/mol. The average molecular weight is 268 g/mol. The third-order valence-electron chi connectivity index (χ3n) is 3.55. The van der Waals surface area contributed by atoms with Gasteiger partial charge in [0, 0.05) is 17.6 Å². The molecule has 1 aliphatic rings. The van der Waals surface area contributed by atoms with Gasteiger partial charge in [0.1, 0.15) is 0 Å². The van der Waals surface area contributed by atoms with Crippen molar-refractivity contribution in [1.82, 2.24) is 5.32 Å². The highest BCUT2D eigenvalue weighted by Gasteiger charge is 2.23. The fourth-order valence-corrected chi connectivity index (χ4v) is 2.45. The number of carbonyl (C=O) groups is 1. The number of carbonyl (C=O) groups excluding carboxylic acids is 1. The Morgan fingerprint density at radius 3 is 2.79 bits per heavy atom. The molecule has 1 saturated carbocycles. The Morgan fingerprint density at radius 2 is 2.05 bits per heavy atom. The maximum atomic E-state index is 13.4. The zero-order valence-electron chi connectivity index (χ0n) is 10.7. The highest BCUT2D eigenvalue weighted by Crippen LogP contribution is 2.17. The largest absolute Gasteiger partial charge is 0.352 e. The van der Waals surface area contributed by atoms with Crippen LogP contribution in [-0.4, -0.2) is 18.0 Å². The summed E-state index contributed by atoms with van der Waals surface area (Å²) in [7, 11) is 0. The summed E-state index contributed by atoms with van der Waals surface area (Å²) in [6.45, 7) is 0. The number of hydrogen-bond donors (Lipinski definition) is 2. The monoisotopic (exact) mass is 268 g/mol. The van der Waals surface area contributed by atoms with Crippen molar-refractivity contribution < 1.29 is 13.6 Å². The van der Waals surface area contributed by atoms with E-state index in [1.54, 1.807) is 0 Å². The van der Waals surface area contributed by atoms with Gasteiger partial charge in [-0.2, -0.15) is 0 Å². The number of hydrogen-bond acceptors (Lipinski definition) is 2. The van der Waals surface area contributed by atoms with Crippen LogP contribution >= 0.6 is 0 Å². The quantitative estimate of drug-likeness (QED) is 0.879. The van der Waals surface area contributed by atoms with Crippen LogP contribution in [0.2, 0.25) is 0 Å². The second-order valence-corrected chi connectivity index (χ2v) is 5.01. The fraction of sp³-hybridized carbons (Fsp3) is 0.500. The van der Waals surface area contributed by atoms with E-state index in [2.05, 4.69) is 5.32 Å². The van der Waals surface area contributed by atoms with Gasteiger partial charge in [-0.25, -0.2) is 8.78 Å². The molecule has 3 N–H and O–H groups in total. The van der Waals surface area contributed by atoms with E-state index < -0.39 is 11.6 Å². The van der Waals surface area contributed by atoms with E-state index >= 15 is 0 Å². The van der Waals surface area contributed by atoms with Crippen molar-refractivity contribution in [2.24, 2.45) is 5.73 Å². The minimum atomic E-state index is -0.953. The Hall–Kier alpha value is -1.49. The molecule has 5 heteroatoms. The van der Waals surface area contributed by atoms with E-state index in [1.165, 1.54) is 12.1 Å². The van der Waals surface area contributed by atoms with Gasteiger partial charge in [0.15, 0.2) is 11.6 Å². The summed E-state index contributed by atoms with van der Waals surface area (Å²) < 4.78 is 26.5. The molecule has 1 amide bonds. The lowest BCUT2D eigenvalue weighted by molar-refractivity contribution is -0.121. The first-order chi connectivity index (χ1) is 9.08. The first-order valence-electron chi connectivity index (χ1n) is 6.56. The Kier molecular flexibility index (Phi) is 4.47. The summed E-state index contributed by atoms with van der Waals surface area (Å²) >= 11 is 0. The van der Waals surface area contributed by atoms with Crippen molar-refractivity contribution in [3.05, 3.63) is 35.4 Å². The van der Waals surface area contributed by atoms with Crippen molar-refractivity contribution in [3.63, 3.8) is 0 Å². The molecule has 1 aromatic rings. The van der Waals surface area contributed by atoms with Crippen LogP contribution in [0.15, 0.2) is 18.2 Å². The number of halogens is 2. The molecule has 0 aliphatic heterocycles. The van der Waals surface area contributed by atoms with E-state index in [1.807, 2.05) is 0 Å². The zero-order chi connectivity index (χ0) is 13.8. The highest BCUT2D eigenvalue weighted by molar-refractivity contribution is 5.79. The number of nitrogens with two attached hydrogens (primary N) is 1. The van der Waals surface area contributed by atoms with Gasteiger partial charge in [-0.15, -0.1) is 0 Å².